The number of rotatable bonds is 6. The predicted molar refractivity (Wildman–Crippen MR) is 124 cm³/mol. The van der Waals surface area contributed by atoms with Gasteiger partial charge in [-0.05, 0) is 56.0 Å². The number of carbonyl (C=O) groups is 2. The van der Waals surface area contributed by atoms with E-state index in [1.807, 2.05) is 32.0 Å². The average Bonchev–Trinajstić information content (AvgIpc) is 3.52. The molecule has 1 aliphatic carbocycles. The number of likely N-dealkylation sites (tertiary alicyclic amines) is 1. The first-order chi connectivity index (χ1) is 16.8. The second-order valence-electron chi connectivity index (χ2n) is 9.34. The molecule has 9 nitrogen and oxygen atoms in total. The molecular weight excluding hydrogens is 448 g/mol. The maximum absolute atomic E-state index is 12.5. The molecule has 0 unspecified atom stereocenters. The van der Waals surface area contributed by atoms with Crippen LogP contribution in [0.5, 0.6) is 5.75 Å². The number of amides is 1. The summed E-state index contributed by atoms with van der Waals surface area (Å²) >= 11 is 0. The van der Waals surface area contributed by atoms with Crippen molar-refractivity contribution in [3.05, 3.63) is 53.1 Å². The molecule has 1 amide bonds. The monoisotopic (exact) mass is 472 g/mol. The minimum atomic E-state index is -1.01. The Morgan fingerprint density at radius 1 is 1.34 bits per heavy atom. The highest BCUT2D eigenvalue weighted by Crippen LogP contribution is 2.48. The molecule has 178 valence electrons. The number of hydrogen-bond acceptors (Lipinski definition) is 7. The van der Waals surface area contributed by atoms with Crippen LogP contribution in [0.15, 0.2) is 40.9 Å². The Morgan fingerprint density at radius 3 is 2.91 bits per heavy atom. The zero-order chi connectivity index (χ0) is 24.7. The van der Waals surface area contributed by atoms with Crippen LogP contribution < -0.4 is 4.74 Å². The number of nitrogens with zero attached hydrogens (tertiary/aromatic N) is 4. The number of hydrogen-bond donors (Lipinski definition) is 1. The lowest BCUT2D eigenvalue weighted by Crippen LogP contribution is -2.33. The lowest BCUT2D eigenvalue weighted by molar-refractivity contribution is -0.142. The summed E-state index contributed by atoms with van der Waals surface area (Å²) in [5, 5.41) is 22.9. The van der Waals surface area contributed by atoms with Gasteiger partial charge in [-0.15, -0.1) is 0 Å². The van der Waals surface area contributed by atoms with Crippen LogP contribution in [0.3, 0.4) is 0 Å². The van der Waals surface area contributed by atoms with Crippen molar-refractivity contribution in [3.63, 3.8) is 0 Å². The SMILES string of the molecule is CC(C)Oc1ccc(-c2nc(-c3cccc4c3CC[C@]43CC(=O)N(CC(=O)O)C3)no2)cc1C#N. The van der Waals surface area contributed by atoms with E-state index in [1.165, 1.54) is 4.90 Å². The topological polar surface area (TPSA) is 130 Å². The molecule has 2 heterocycles. The molecule has 0 bridgehead atoms. The van der Waals surface area contributed by atoms with Crippen molar-refractivity contribution < 1.29 is 24.0 Å². The fourth-order valence-corrected chi connectivity index (χ4v) is 5.18. The van der Waals surface area contributed by atoms with Crippen molar-refractivity contribution in [2.45, 2.75) is 44.6 Å². The minimum Gasteiger partial charge on any atom is -0.490 e. The van der Waals surface area contributed by atoms with Crippen molar-refractivity contribution in [3.8, 4) is 34.7 Å². The molecule has 1 aromatic heterocycles. The summed E-state index contributed by atoms with van der Waals surface area (Å²) in [6, 6.07) is 13.2. The van der Waals surface area contributed by atoms with Gasteiger partial charge in [-0.1, -0.05) is 23.4 Å². The molecule has 0 radical (unpaired) electrons. The number of aliphatic carboxylic acids is 1. The fraction of sp³-hybridized carbons (Fsp3) is 0.346. The van der Waals surface area contributed by atoms with Gasteiger partial charge in [-0.3, -0.25) is 9.59 Å². The third-order valence-corrected chi connectivity index (χ3v) is 6.64. The van der Waals surface area contributed by atoms with Crippen LogP contribution in [0, 0.1) is 11.3 Å². The van der Waals surface area contributed by atoms with E-state index in [4.69, 9.17) is 14.4 Å². The molecular formula is C26H24N4O5. The van der Waals surface area contributed by atoms with Crippen LogP contribution in [-0.2, 0) is 21.4 Å². The second-order valence-corrected chi connectivity index (χ2v) is 9.34. The highest BCUT2D eigenvalue weighted by atomic mass is 16.5. The number of carbonyl (C=O) groups excluding carboxylic acids is 1. The van der Waals surface area contributed by atoms with E-state index in [0.717, 1.165) is 29.5 Å². The maximum Gasteiger partial charge on any atom is 0.323 e. The number of aromatic nitrogens is 2. The van der Waals surface area contributed by atoms with Crippen molar-refractivity contribution in [2.75, 3.05) is 13.1 Å². The molecule has 1 saturated heterocycles. The summed E-state index contributed by atoms with van der Waals surface area (Å²) in [7, 11) is 0. The van der Waals surface area contributed by atoms with E-state index < -0.39 is 11.4 Å². The summed E-state index contributed by atoms with van der Waals surface area (Å²) in [6.45, 7) is 3.91. The van der Waals surface area contributed by atoms with Crippen LogP contribution in [0.25, 0.3) is 22.8 Å². The van der Waals surface area contributed by atoms with Gasteiger partial charge in [0, 0.05) is 29.5 Å². The quantitative estimate of drug-likeness (QED) is 0.576. The average molecular weight is 473 g/mol. The van der Waals surface area contributed by atoms with Gasteiger partial charge in [0.15, 0.2) is 0 Å². The number of benzene rings is 2. The molecule has 3 aromatic rings. The fourth-order valence-electron chi connectivity index (χ4n) is 5.18. The third kappa shape index (κ3) is 4.01. The number of nitriles is 1. The van der Waals surface area contributed by atoms with Crippen molar-refractivity contribution in [1.29, 1.82) is 5.26 Å². The van der Waals surface area contributed by atoms with Gasteiger partial charge in [0.25, 0.3) is 5.89 Å². The van der Waals surface area contributed by atoms with Crippen molar-refractivity contribution in [2.24, 2.45) is 0 Å². The third-order valence-electron chi connectivity index (χ3n) is 6.64. The van der Waals surface area contributed by atoms with Crippen LogP contribution in [-0.4, -0.2) is 51.2 Å². The van der Waals surface area contributed by atoms with Crippen molar-refractivity contribution in [1.82, 2.24) is 15.0 Å². The molecule has 1 fully saturated rings. The Balaban J connectivity index is 1.46. The molecule has 1 aliphatic heterocycles. The Labute approximate surface area is 201 Å². The van der Waals surface area contributed by atoms with Gasteiger partial charge < -0.3 is 19.3 Å². The molecule has 9 heteroatoms. The van der Waals surface area contributed by atoms with Gasteiger partial charge >= 0.3 is 5.97 Å². The van der Waals surface area contributed by atoms with Crippen LogP contribution in [0.4, 0.5) is 0 Å². The van der Waals surface area contributed by atoms with Gasteiger partial charge in [-0.2, -0.15) is 10.2 Å². The highest BCUT2D eigenvalue weighted by Gasteiger charge is 2.49. The first kappa shape index (κ1) is 22.6. The van der Waals surface area contributed by atoms with Crippen LogP contribution >= 0.6 is 0 Å². The normalized spacial score (nSPS) is 18.8. The Hall–Kier alpha value is -4.19. The standard InChI is InChI=1S/C26H24N4O5/c1-15(2)34-21-7-6-16(10-17(21)12-27)25-28-24(29-35-25)19-4-3-5-20-18(19)8-9-26(20)11-22(31)30(14-26)13-23(32)33/h3-7,10,15H,8-9,11,13-14H2,1-2H3,(H,32,33)/t26-/m1/s1. The zero-order valence-corrected chi connectivity index (χ0v) is 19.4. The Morgan fingerprint density at radius 2 is 2.17 bits per heavy atom. The summed E-state index contributed by atoms with van der Waals surface area (Å²) in [5.41, 5.74) is 3.55. The van der Waals surface area contributed by atoms with E-state index >= 15 is 0 Å². The van der Waals surface area contributed by atoms with Crippen LogP contribution in [0.2, 0.25) is 0 Å². The van der Waals surface area contributed by atoms with E-state index in [1.54, 1.807) is 18.2 Å². The molecule has 2 aromatic carbocycles. The Bertz CT molecular complexity index is 1370. The summed E-state index contributed by atoms with van der Waals surface area (Å²) in [6.07, 6.45) is 1.74. The first-order valence-electron chi connectivity index (χ1n) is 11.5. The smallest absolute Gasteiger partial charge is 0.323 e. The molecule has 2 aliphatic rings. The van der Waals surface area contributed by atoms with Gasteiger partial charge in [0.1, 0.15) is 18.4 Å². The van der Waals surface area contributed by atoms with E-state index in [-0.39, 0.29) is 18.6 Å². The number of fused-ring (bicyclic) bond motifs is 2. The molecule has 5 rings (SSSR count). The molecule has 1 spiro atoms. The van der Waals surface area contributed by atoms with E-state index in [9.17, 15) is 14.9 Å². The summed E-state index contributed by atoms with van der Waals surface area (Å²) < 4.78 is 11.2. The van der Waals surface area contributed by atoms with E-state index in [0.29, 0.717) is 41.6 Å². The first-order valence-corrected chi connectivity index (χ1v) is 11.5. The molecule has 1 N–H and O–H groups in total. The van der Waals surface area contributed by atoms with Gasteiger partial charge in [0.2, 0.25) is 11.7 Å². The summed E-state index contributed by atoms with van der Waals surface area (Å²) in [5.74, 6) is 0.0826. The highest BCUT2D eigenvalue weighted by molar-refractivity contribution is 5.85. The minimum absolute atomic E-state index is 0.0576. The predicted octanol–water partition coefficient (Wildman–Crippen LogP) is 3.56. The molecule has 35 heavy (non-hydrogen) atoms. The van der Waals surface area contributed by atoms with Crippen molar-refractivity contribution >= 4 is 11.9 Å². The molecule has 1 atom stereocenters. The Kier molecular flexibility index (Phi) is 5.52. The lowest BCUT2D eigenvalue weighted by atomic mass is 9.80. The number of carboxylic acid groups (broad SMARTS) is 1. The number of ether oxygens (including phenoxy) is 1. The zero-order valence-electron chi connectivity index (χ0n) is 19.4. The van der Waals surface area contributed by atoms with Gasteiger partial charge in [0.05, 0.1) is 11.7 Å². The van der Waals surface area contributed by atoms with E-state index in [2.05, 4.69) is 16.2 Å². The lowest BCUT2D eigenvalue weighted by Gasteiger charge is -2.24. The summed E-state index contributed by atoms with van der Waals surface area (Å²) in [4.78, 5) is 29.7. The van der Waals surface area contributed by atoms with Crippen LogP contribution in [0.1, 0.15) is 43.4 Å². The molecule has 0 saturated carbocycles. The largest absolute Gasteiger partial charge is 0.490 e. The number of carboxylic acids is 1. The van der Waals surface area contributed by atoms with Gasteiger partial charge in [-0.25, -0.2) is 0 Å². The maximum atomic E-state index is 12.5. The second kappa shape index (κ2) is 8.55.